The maximum atomic E-state index is 12.3. The smallest absolute Gasteiger partial charge is 0.321 e. The third-order valence-electron chi connectivity index (χ3n) is 4.22. The van der Waals surface area contributed by atoms with Crippen LogP contribution < -0.4 is 15.8 Å². The highest BCUT2D eigenvalue weighted by Gasteiger charge is 2.22. The van der Waals surface area contributed by atoms with Crippen molar-refractivity contribution < 1.29 is 9.53 Å². The number of rotatable bonds is 4. The van der Waals surface area contributed by atoms with Crippen molar-refractivity contribution in [2.24, 2.45) is 11.7 Å². The minimum atomic E-state index is -0.0649. The Labute approximate surface area is 142 Å². The first-order chi connectivity index (χ1) is 11.7. The second-order valence-electron chi connectivity index (χ2n) is 6.06. The van der Waals surface area contributed by atoms with E-state index in [4.69, 9.17) is 10.5 Å². The molecule has 5 nitrogen and oxygen atoms in total. The number of amides is 2. The van der Waals surface area contributed by atoms with Crippen molar-refractivity contribution in [3.8, 4) is 11.5 Å². The number of ether oxygens (including phenoxy) is 1. The summed E-state index contributed by atoms with van der Waals surface area (Å²) in [5.74, 6) is 1.93. The van der Waals surface area contributed by atoms with Gasteiger partial charge < -0.3 is 20.7 Å². The average Bonchev–Trinajstić information content (AvgIpc) is 2.64. The molecule has 1 saturated heterocycles. The van der Waals surface area contributed by atoms with E-state index in [2.05, 4.69) is 5.32 Å². The number of hydrogen-bond donors (Lipinski definition) is 2. The Balaban J connectivity index is 1.56. The number of nitrogens with two attached hydrogens (primary N) is 1. The molecule has 1 atom stereocenters. The highest BCUT2D eigenvalue weighted by Crippen LogP contribution is 2.23. The first-order valence-electron chi connectivity index (χ1n) is 8.33. The van der Waals surface area contributed by atoms with E-state index in [1.54, 1.807) is 0 Å². The lowest BCUT2D eigenvalue weighted by Gasteiger charge is -2.32. The van der Waals surface area contributed by atoms with Gasteiger partial charge >= 0.3 is 6.03 Å². The first kappa shape index (κ1) is 16.3. The Bertz CT molecular complexity index is 658. The van der Waals surface area contributed by atoms with Crippen LogP contribution in [-0.4, -0.2) is 30.6 Å². The molecule has 5 heteroatoms. The molecule has 0 bridgehead atoms. The largest absolute Gasteiger partial charge is 0.457 e. The lowest BCUT2D eigenvalue weighted by molar-refractivity contribution is 0.179. The predicted molar refractivity (Wildman–Crippen MR) is 95.3 cm³/mol. The molecule has 3 rings (SSSR count). The van der Waals surface area contributed by atoms with E-state index in [0.717, 1.165) is 43.1 Å². The Morgan fingerprint density at radius 2 is 1.83 bits per heavy atom. The minimum absolute atomic E-state index is 0.0649. The summed E-state index contributed by atoms with van der Waals surface area (Å²) in [6, 6.07) is 16.9. The number of likely N-dealkylation sites (tertiary alicyclic amines) is 1. The fourth-order valence-corrected chi connectivity index (χ4v) is 2.88. The van der Waals surface area contributed by atoms with Crippen LogP contribution in [0.25, 0.3) is 0 Å². The molecular weight excluding hydrogens is 302 g/mol. The number of hydrogen-bond acceptors (Lipinski definition) is 3. The molecule has 1 aliphatic heterocycles. The number of piperidine rings is 1. The topological polar surface area (TPSA) is 67.6 Å². The van der Waals surface area contributed by atoms with E-state index in [0.29, 0.717) is 12.5 Å². The van der Waals surface area contributed by atoms with Gasteiger partial charge in [0.15, 0.2) is 0 Å². The van der Waals surface area contributed by atoms with Crippen molar-refractivity contribution in [2.75, 3.05) is 25.0 Å². The van der Waals surface area contributed by atoms with Gasteiger partial charge in [-0.3, -0.25) is 0 Å². The summed E-state index contributed by atoms with van der Waals surface area (Å²) >= 11 is 0. The molecule has 2 aromatic carbocycles. The summed E-state index contributed by atoms with van der Waals surface area (Å²) in [6.07, 6.45) is 2.12. The van der Waals surface area contributed by atoms with Crippen LogP contribution in [-0.2, 0) is 0 Å². The zero-order valence-electron chi connectivity index (χ0n) is 13.7. The zero-order chi connectivity index (χ0) is 16.8. The molecule has 0 saturated carbocycles. The number of benzene rings is 2. The monoisotopic (exact) mass is 325 g/mol. The van der Waals surface area contributed by atoms with E-state index >= 15 is 0 Å². The normalized spacial score (nSPS) is 17.4. The number of carbonyl (C=O) groups excluding carboxylic acids is 1. The highest BCUT2D eigenvalue weighted by molar-refractivity contribution is 5.89. The second-order valence-corrected chi connectivity index (χ2v) is 6.06. The van der Waals surface area contributed by atoms with Crippen LogP contribution in [0, 0.1) is 5.92 Å². The summed E-state index contributed by atoms with van der Waals surface area (Å²) in [6.45, 7) is 2.16. The summed E-state index contributed by atoms with van der Waals surface area (Å²) in [5.41, 5.74) is 6.49. The van der Waals surface area contributed by atoms with E-state index in [1.165, 1.54) is 0 Å². The van der Waals surface area contributed by atoms with E-state index < -0.39 is 0 Å². The molecule has 3 N–H and O–H groups in total. The molecule has 2 amide bonds. The van der Waals surface area contributed by atoms with Gasteiger partial charge in [-0.05, 0) is 61.7 Å². The Hall–Kier alpha value is -2.53. The van der Waals surface area contributed by atoms with Gasteiger partial charge in [0.1, 0.15) is 11.5 Å². The summed E-state index contributed by atoms with van der Waals surface area (Å²) in [5, 5.41) is 2.94. The van der Waals surface area contributed by atoms with Crippen LogP contribution in [0.1, 0.15) is 12.8 Å². The molecule has 126 valence electrons. The maximum absolute atomic E-state index is 12.3. The summed E-state index contributed by atoms with van der Waals surface area (Å²) in [4.78, 5) is 14.2. The number of nitrogens with one attached hydrogen (secondary N) is 1. The standard InChI is InChI=1S/C19H23N3O2/c20-13-15-5-4-12-22(14-15)19(23)21-16-8-10-18(11-9-16)24-17-6-2-1-3-7-17/h1-3,6-11,15H,4-5,12-14,20H2,(H,21,23). The van der Waals surface area contributed by atoms with Gasteiger partial charge in [-0.1, -0.05) is 18.2 Å². The zero-order valence-corrected chi connectivity index (χ0v) is 13.7. The molecule has 0 radical (unpaired) electrons. The Morgan fingerprint density at radius 1 is 1.12 bits per heavy atom. The fourth-order valence-electron chi connectivity index (χ4n) is 2.88. The highest BCUT2D eigenvalue weighted by atomic mass is 16.5. The molecule has 0 aliphatic carbocycles. The quantitative estimate of drug-likeness (QED) is 0.901. The maximum Gasteiger partial charge on any atom is 0.321 e. The van der Waals surface area contributed by atoms with Gasteiger partial charge in [0.2, 0.25) is 0 Å². The number of anilines is 1. The lowest BCUT2D eigenvalue weighted by atomic mass is 9.99. The van der Waals surface area contributed by atoms with E-state index in [9.17, 15) is 4.79 Å². The number of carbonyl (C=O) groups is 1. The van der Waals surface area contributed by atoms with Gasteiger partial charge in [0.05, 0.1) is 0 Å². The van der Waals surface area contributed by atoms with Crippen LogP contribution in [0.3, 0.4) is 0 Å². The van der Waals surface area contributed by atoms with Crippen LogP contribution in [0.2, 0.25) is 0 Å². The molecule has 0 aromatic heterocycles. The van der Waals surface area contributed by atoms with Crippen LogP contribution in [0.4, 0.5) is 10.5 Å². The molecule has 0 spiro atoms. The van der Waals surface area contributed by atoms with Gasteiger partial charge in [-0.2, -0.15) is 0 Å². The Kier molecular flexibility index (Phi) is 5.33. The Morgan fingerprint density at radius 3 is 2.54 bits per heavy atom. The second kappa shape index (κ2) is 7.84. The van der Waals surface area contributed by atoms with E-state index in [-0.39, 0.29) is 6.03 Å². The van der Waals surface area contributed by atoms with Gasteiger partial charge in [-0.15, -0.1) is 0 Å². The van der Waals surface area contributed by atoms with Crippen molar-refractivity contribution in [3.63, 3.8) is 0 Å². The fraction of sp³-hybridized carbons (Fsp3) is 0.316. The van der Waals surface area contributed by atoms with Gasteiger partial charge in [-0.25, -0.2) is 4.79 Å². The van der Waals surface area contributed by atoms with Crippen LogP contribution in [0.15, 0.2) is 54.6 Å². The first-order valence-corrected chi connectivity index (χ1v) is 8.33. The van der Waals surface area contributed by atoms with Crippen LogP contribution in [0.5, 0.6) is 11.5 Å². The number of urea groups is 1. The SMILES string of the molecule is NCC1CCCN(C(=O)Nc2ccc(Oc3ccccc3)cc2)C1. The predicted octanol–water partition coefficient (Wildman–Crippen LogP) is 3.68. The van der Waals surface area contributed by atoms with E-state index in [1.807, 2.05) is 59.5 Å². The summed E-state index contributed by atoms with van der Waals surface area (Å²) in [7, 11) is 0. The van der Waals surface area contributed by atoms with Crippen molar-refractivity contribution in [1.82, 2.24) is 4.90 Å². The number of para-hydroxylation sites is 1. The van der Waals surface area contributed by atoms with Crippen molar-refractivity contribution in [1.29, 1.82) is 0 Å². The van der Waals surface area contributed by atoms with Crippen molar-refractivity contribution >= 4 is 11.7 Å². The van der Waals surface area contributed by atoms with Crippen molar-refractivity contribution in [2.45, 2.75) is 12.8 Å². The molecule has 1 unspecified atom stereocenters. The number of nitrogens with zero attached hydrogens (tertiary/aromatic N) is 1. The minimum Gasteiger partial charge on any atom is -0.457 e. The molecular formula is C19H23N3O2. The summed E-state index contributed by atoms with van der Waals surface area (Å²) < 4.78 is 5.75. The van der Waals surface area contributed by atoms with Gasteiger partial charge in [0.25, 0.3) is 0 Å². The average molecular weight is 325 g/mol. The molecule has 2 aromatic rings. The molecule has 1 fully saturated rings. The lowest BCUT2D eigenvalue weighted by Crippen LogP contribution is -2.44. The third-order valence-corrected chi connectivity index (χ3v) is 4.22. The molecule has 1 heterocycles. The molecule has 1 aliphatic rings. The molecule has 24 heavy (non-hydrogen) atoms. The third kappa shape index (κ3) is 4.26. The van der Waals surface area contributed by atoms with Crippen molar-refractivity contribution in [3.05, 3.63) is 54.6 Å². The van der Waals surface area contributed by atoms with Crippen LogP contribution >= 0.6 is 0 Å². The van der Waals surface area contributed by atoms with Gasteiger partial charge in [0, 0.05) is 18.8 Å².